The molecule has 0 amide bonds. The van der Waals surface area contributed by atoms with E-state index in [9.17, 15) is 83.7 Å². The predicted octanol–water partition coefficient (Wildman–Crippen LogP) is 19.3. The number of rotatable bonds is 37. The number of nitro groups is 3. The van der Waals surface area contributed by atoms with Crippen LogP contribution in [0.2, 0.25) is 0 Å². The fourth-order valence-electron chi connectivity index (χ4n) is 9.32. The smallest absolute Gasteiger partial charge is 0.339 e. The molecular formula is C80H111N3O29. The van der Waals surface area contributed by atoms with Crippen LogP contribution in [0.1, 0.15) is 287 Å². The van der Waals surface area contributed by atoms with Crippen molar-refractivity contribution < 1.29 is 129 Å². The summed E-state index contributed by atoms with van der Waals surface area (Å²) in [5, 5.41) is 152. The van der Waals surface area contributed by atoms with Gasteiger partial charge in [0.1, 0.15) is 28.2 Å². The minimum Gasteiger partial charge on any atom is -0.508 e. The van der Waals surface area contributed by atoms with E-state index in [2.05, 4.69) is 20.8 Å². The maximum atomic E-state index is 10.6. The Hall–Kier alpha value is -12.3. The molecule has 112 heavy (non-hydrogen) atoms. The monoisotopic (exact) mass is 1580 g/mol. The van der Waals surface area contributed by atoms with Crippen LogP contribution in [0.4, 0.5) is 17.1 Å². The predicted molar refractivity (Wildman–Crippen MR) is 419 cm³/mol. The molecule has 0 unspecified atom stereocenters. The van der Waals surface area contributed by atoms with Gasteiger partial charge in [0.25, 0.3) is 0 Å². The highest BCUT2D eigenvalue weighted by Crippen LogP contribution is 2.33. The van der Waals surface area contributed by atoms with Crippen LogP contribution in [0.25, 0.3) is 0 Å². The minimum absolute atomic E-state index is 0. The summed E-state index contributed by atoms with van der Waals surface area (Å²) in [5.74, 6) is -11.5. The third kappa shape index (κ3) is 53.5. The van der Waals surface area contributed by atoms with Crippen LogP contribution in [-0.4, -0.2) is 140 Å². The number of hydrogen-bond acceptors (Lipinski definition) is 20. The molecule has 0 bridgehead atoms. The maximum absolute atomic E-state index is 10.6. The molecule has 6 aromatic carbocycles. The topological polar surface area (TPSA) is 566 Å². The molecule has 32 heteroatoms. The first-order valence-electron chi connectivity index (χ1n) is 35.9. The Kier molecular flexibility index (Phi) is 60.3. The van der Waals surface area contributed by atoms with Crippen molar-refractivity contribution in [2.75, 3.05) is 0 Å². The molecule has 0 aliphatic heterocycles. The van der Waals surface area contributed by atoms with Crippen LogP contribution in [-0.2, 0) is 14.4 Å². The average molecular weight is 1580 g/mol. The molecule has 0 spiro atoms. The lowest BCUT2D eigenvalue weighted by atomic mass is 10.1. The molecule has 0 fully saturated rings. The first-order valence-corrected chi connectivity index (χ1v) is 35.9. The fourth-order valence-corrected chi connectivity index (χ4v) is 9.32. The SMILES string of the molecule is C.CCCCCCCCCC(=O)O.CCCCCCCCCCC(=O)O.CCCCCCCCCCCCC(=O)O.Cc1cc(C(=O)O)c(O)c([N+](=O)[O-])c1.Cc1cc(C(=O)O)c(O)c([N+](=O)[O-])c1.Cc1ccc(C(=O)O)cc1.O=C(O)c1ccc(O)c([N+](=O)[O-])c1.O=C(O)c1cccc(O)c1.O=C(O)c1ccccc1O. The Labute approximate surface area is 650 Å². The number of aromatic carboxylic acids is 6. The van der Waals surface area contributed by atoms with Crippen LogP contribution in [0.15, 0.2) is 115 Å². The normalized spacial score (nSPS) is 9.70. The molecule has 6 aromatic rings. The summed E-state index contributed by atoms with van der Waals surface area (Å²) in [5.41, 5.74) is -0.695. The van der Waals surface area contributed by atoms with E-state index < -0.39 is 114 Å². The van der Waals surface area contributed by atoms with Crippen molar-refractivity contribution in [2.45, 2.75) is 229 Å². The summed E-state index contributed by atoms with van der Waals surface area (Å²) in [6.07, 6.45) is 31.6. The Morgan fingerprint density at radius 2 is 0.598 bits per heavy atom. The number of unbranched alkanes of at least 4 members (excludes halogenated alkanes) is 22. The van der Waals surface area contributed by atoms with E-state index >= 15 is 0 Å². The number of carbonyl (C=O) groups is 9. The number of benzene rings is 6. The molecule has 14 N–H and O–H groups in total. The van der Waals surface area contributed by atoms with Gasteiger partial charge in [-0.1, -0.05) is 205 Å². The highest BCUT2D eigenvalue weighted by molar-refractivity contribution is 5.94. The lowest BCUT2D eigenvalue weighted by Crippen LogP contribution is -2.00. The van der Waals surface area contributed by atoms with Crippen LogP contribution in [0, 0.1) is 51.1 Å². The molecule has 0 saturated heterocycles. The van der Waals surface area contributed by atoms with Gasteiger partial charge in [0.2, 0.25) is 11.5 Å². The van der Waals surface area contributed by atoms with Gasteiger partial charge in [0.05, 0.1) is 31.5 Å². The summed E-state index contributed by atoms with van der Waals surface area (Å²) in [6, 6.07) is 25.5. The Balaban J connectivity index is -0.000000587. The zero-order valence-corrected chi connectivity index (χ0v) is 63.5. The second-order valence-corrected chi connectivity index (χ2v) is 24.8. The number of aryl methyl sites for hydroxylation is 3. The first kappa shape index (κ1) is 106. The summed E-state index contributed by atoms with van der Waals surface area (Å²) in [7, 11) is 0. The second-order valence-electron chi connectivity index (χ2n) is 24.8. The largest absolute Gasteiger partial charge is 0.508 e. The number of aliphatic carboxylic acids is 3. The molecule has 0 aliphatic rings. The van der Waals surface area contributed by atoms with Crippen LogP contribution in [0.5, 0.6) is 28.7 Å². The van der Waals surface area contributed by atoms with Crippen LogP contribution in [0.3, 0.4) is 0 Å². The molecular weight excluding hydrogens is 1470 g/mol. The third-order valence-corrected chi connectivity index (χ3v) is 15.3. The first-order chi connectivity index (χ1) is 52.3. The molecule has 0 saturated carbocycles. The van der Waals surface area contributed by atoms with Crippen molar-refractivity contribution in [3.8, 4) is 28.7 Å². The molecule has 0 aromatic heterocycles. The third-order valence-electron chi connectivity index (χ3n) is 15.3. The van der Waals surface area contributed by atoms with E-state index in [-0.39, 0.29) is 35.6 Å². The molecule has 0 radical (unpaired) electrons. The van der Waals surface area contributed by atoms with Gasteiger partial charge < -0.3 is 71.5 Å². The number of carboxylic acids is 9. The van der Waals surface area contributed by atoms with E-state index in [0.717, 1.165) is 74.4 Å². The number of nitro benzene ring substituents is 3. The molecule has 6 rings (SSSR count). The van der Waals surface area contributed by atoms with E-state index in [1.807, 2.05) is 6.92 Å². The number of phenols is 5. The number of aromatic hydroxyl groups is 5. The van der Waals surface area contributed by atoms with E-state index in [1.165, 1.54) is 184 Å². The highest BCUT2D eigenvalue weighted by Gasteiger charge is 2.23. The van der Waals surface area contributed by atoms with Crippen LogP contribution < -0.4 is 0 Å². The number of para-hydroxylation sites is 1. The summed E-state index contributed by atoms with van der Waals surface area (Å²) in [4.78, 5) is 121. The quantitative estimate of drug-likeness (QED) is 0.00978. The second kappa shape index (κ2) is 63.7. The van der Waals surface area contributed by atoms with E-state index in [4.69, 9.17) is 61.3 Å². The number of phenolic OH excluding ortho intramolecular Hbond substituents is 2. The molecule has 620 valence electrons. The van der Waals surface area contributed by atoms with Crippen molar-refractivity contribution in [1.82, 2.24) is 0 Å². The Morgan fingerprint density at radius 1 is 0.295 bits per heavy atom. The minimum atomic E-state index is -1.39. The molecule has 0 atom stereocenters. The Morgan fingerprint density at radius 3 is 0.866 bits per heavy atom. The van der Waals surface area contributed by atoms with Crippen molar-refractivity contribution in [2.24, 2.45) is 0 Å². The summed E-state index contributed by atoms with van der Waals surface area (Å²) in [6.45, 7) is 11.6. The lowest BCUT2D eigenvalue weighted by Gasteiger charge is -2.01. The summed E-state index contributed by atoms with van der Waals surface area (Å²) >= 11 is 0. The number of carboxylic acid groups (broad SMARTS) is 9. The average Bonchev–Trinajstić information content (AvgIpc) is 0.869. The Bertz CT molecular complexity index is 3690. The van der Waals surface area contributed by atoms with Crippen molar-refractivity contribution >= 4 is 70.8 Å². The van der Waals surface area contributed by atoms with Gasteiger partial charge in [-0.3, -0.25) is 44.7 Å². The zero-order chi connectivity index (χ0) is 85.0. The van der Waals surface area contributed by atoms with Gasteiger partial charge in [-0.2, -0.15) is 0 Å². The molecule has 32 nitrogen and oxygen atoms in total. The maximum Gasteiger partial charge on any atom is 0.339 e. The van der Waals surface area contributed by atoms with Gasteiger partial charge >= 0.3 is 70.8 Å². The van der Waals surface area contributed by atoms with Gasteiger partial charge in [0, 0.05) is 37.5 Å². The molecule has 0 aliphatic carbocycles. The van der Waals surface area contributed by atoms with Crippen molar-refractivity contribution in [1.29, 1.82) is 0 Å². The van der Waals surface area contributed by atoms with E-state index in [0.29, 0.717) is 36.0 Å². The number of nitrogens with zero attached hydrogens (tertiary/aromatic N) is 3. The van der Waals surface area contributed by atoms with Gasteiger partial charge in [-0.25, -0.2) is 28.8 Å². The van der Waals surface area contributed by atoms with Crippen molar-refractivity contribution in [3.05, 3.63) is 196 Å². The zero-order valence-electron chi connectivity index (χ0n) is 63.5. The summed E-state index contributed by atoms with van der Waals surface area (Å²) < 4.78 is 0. The number of hydrogen-bond donors (Lipinski definition) is 14. The highest BCUT2D eigenvalue weighted by atomic mass is 16.6. The lowest BCUT2D eigenvalue weighted by molar-refractivity contribution is -0.386. The van der Waals surface area contributed by atoms with Gasteiger partial charge in [-0.15, -0.1) is 0 Å². The standard InChI is InChI=1S/C13H26O2.C11H22O2.C10H20O2.2C8H7NO5.C8H8O2.C7H5NO5.2C7H6O3.CH4/c1-2-3-4-5-6-7-8-9-10-11-12-13(14)15;1-2-3-4-5-6-7-8-9-10-11(12)13;1-2-3-4-5-6-7-8-9-10(11)12;2*1-4-2-5(8(11)12)7(10)6(3-4)9(13)14;1-6-2-4-7(5-3-6)8(9)10;9-6-2-1-4(7(10)11)3-5(6)8(12)13;8-6-3-1-2-5(4-6)7(9)10;8-6-4-2-1-3-5(6)7(9)10;/h2-12H2,1H3,(H,14,15);2-10H2,1H3,(H,12,13);2-9H2,1H3,(H,11,12);2*2-3,10H,1H3,(H,11,12);2-5H,1H3,(H,9,10);1-3,9H,(H,10,11);2*1-4,8H,(H,9,10);1H4. The van der Waals surface area contributed by atoms with Crippen LogP contribution >= 0.6 is 0 Å². The van der Waals surface area contributed by atoms with Gasteiger partial charge in [0.15, 0.2) is 5.75 Å². The van der Waals surface area contributed by atoms with Crippen molar-refractivity contribution in [3.63, 3.8) is 0 Å². The van der Waals surface area contributed by atoms with Gasteiger partial charge in [-0.05, 0) is 118 Å². The van der Waals surface area contributed by atoms with E-state index in [1.54, 1.807) is 36.4 Å². The molecule has 0 heterocycles. The fraction of sp³-hybridized carbons (Fsp3) is 0.438.